The third kappa shape index (κ3) is 2.90. The summed E-state index contributed by atoms with van der Waals surface area (Å²) in [6.07, 6.45) is 0.780. The molecule has 22 heavy (non-hydrogen) atoms. The molecule has 3 rings (SSSR count). The van der Waals surface area contributed by atoms with Gasteiger partial charge in [0.05, 0.1) is 24.2 Å². The Bertz CT molecular complexity index is 768. The summed E-state index contributed by atoms with van der Waals surface area (Å²) < 4.78 is 12.9. The van der Waals surface area contributed by atoms with Crippen molar-refractivity contribution in [3.63, 3.8) is 0 Å². The Morgan fingerprint density at radius 2 is 2.09 bits per heavy atom. The number of fused-ring (bicyclic) bond motifs is 1. The summed E-state index contributed by atoms with van der Waals surface area (Å²) in [5.41, 5.74) is 1.91. The van der Waals surface area contributed by atoms with E-state index >= 15 is 0 Å². The molecule has 0 spiro atoms. The van der Waals surface area contributed by atoms with Crippen LogP contribution in [0.25, 0.3) is 0 Å². The van der Waals surface area contributed by atoms with Crippen molar-refractivity contribution in [3.8, 4) is 0 Å². The molecular weight excluding hydrogens is 285 g/mol. The first kappa shape index (κ1) is 14.4. The average Bonchev–Trinajstić information content (AvgIpc) is 2.49. The number of carbonyl (C=O) groups is 1. The molecule has 0 saturated carbocycles. The van der Waals surface area contributed by atoms with Crippen molar-refractivity contribution in [2.45, 2.75) is 26.3 Å². The minimum absolute atomic E-state index is 0.0720. The lowest BCUT2D eigenvalue weighted by atomic mass is 10.1. The molecule has 0 unspecified atom stereocenters. The standard InChI is InChI=1S/C16H16FN3O2/c1-10-18-14-6-7-20(9-13(14)16(22)19-10)15(21)8-11-2-4-12(17)5-3-11/h2-5H,6-9H2,1H3,(H,18,19,22). The van der Waals surface area contributed by atoms with Crippen molar-refractivity contribution in [2.24, 2.45) is 0 Å². The van der Waals surface area contributed by atoms with Crippen LogP contribution in [0.1, 0.15) is 22.6 Å². The molecule has 0 atom stereocenters. The van der Waals surface area contributed by atoms with E-state index in [2.05, 4.69) is 9.97 Å². The van der Waals surface area contributed by atoms with Gasteiger partial charge in [-0.3, -0.25) is 9.59 Å². The zero-order chi connectivity index (χ0) is 15.7. The van der Waals surface area contributed by atoms with Gasteiger partial charge in [-0.25, -0.2) is 9.37 Å². The monoisotopic (exact) mass is 301 g/mol. The number of nitrogens with zero attached hydrogens (tertiary/aromatic N) is 2. The van der Waals surface area contributed by atoms with Crippen LogP contribution in [0, 0.1) is 12.7 Å². The second-order valence-electron chi connectivity index (χ2n) is 5.45. The van der Waals surface area contributed by atoms with Gasteiger partial charge >= 0.3 is 0 Å². The molecule has 6 heteroatoms. The lowest BCUT2D eigenvalue weighted by Crippen LogP contribution is -2.40. The zero-order valence-electron chi connectivity index (χ0n) is 12.2. The van der Waals surface area contributed by atoms with E-state index in [4.69, 9.17) is 0 Å². The van der Waals surface area contributed by atoms with Crippen molar-refractivity contribution < 1.29 is 9.18 Å². The third-order valence-electron chi connectivity index (χ3n) is 3.81. The summed E-state index contributed by atoms with van der Waals surface area (Å²) in [5.74, 6) is 0.197. The van der Waals surface area contributed by atoms with E-state index in [-0.39, 0.29) is 30.2 Å². The summed E-state index contributed by atoms with van der Waals surface area (Å²) in [7, 11) is 0. The molecule has 1 aliphatic heterocycles. The highest BCUT2D eigenvalue weighted by atomic mass is 19.1. The maximum absolute atomic E-state index is 12.9. The molecule has 0 fully saturated rings. The largest absolute Gasteiger partial charge is 0.337 e. The van der Waals surface area contributed by atoms with Crippen LogP contribution >= 0.6 is 0 Å². The summed E-state index contributed by atoms with van der Waals surface area (Å²) in [5, 5.41) is 0. The number of hydrogen-bond donors (Lipinski definition) is 1. The maximum Gasteiger partial charge on any atom is 0.256 e. The summed E-state index contributed by atoms with van der Waals surface area (Å²) >= 11 is 0. The quantitative estimate of drug-likeness (QED) is 0.910. The van der Waals surface area contributed by atoms with Gasteiger partial charge in [-0.15, -0.1) is 0 Å². The van der Waals surface area contributed by atoms with Crippen molar-refractivity contribution in [1.29, 1.82) is 0 Å². The van der Waals surface area contributed by atoms with Crippen LogP contribution in [0.4, 0.5) is 4.39 Å². The van der Waals surface area contributed by atoms with Gasteiger partial charge in [0.25, 0.3) is 5.56 Å². The number of H-pyrrole nitrogens is 1. The second-order valence-corrected chi connectivity index (χ2v) is 5.45. The highest BCUT2D eigenvalue weighted by Gasteiger charge is 2.24. The number of aryl methyl sites for hydroxylation is 1. The molecule has 1 aliphatic rings. The van der Waals surface area contributed by atoms with Crippen molar-refractivity contribution in [3.05, 3.63) is 63.1 Å². The molecular formula is C16H16FN3O2. The van der Waals surface area contributed by atoms with Gasteiger partial charge in [-0.05, 0) is 24.6 Å². The predicted octanol–water partition coefficient (Wildman–Crippen LogP) is 1.34. The van der Waals surface area contributed by atoms with E-state index in [1.165, 1.54) is 12.1 Å². The Balaban J connectivity index is 1.75. The van der Waals surface area contributed by atoms with E-state index in [0.29, 0.717) is 24.4 Å². The van der Waals surface area contributed by atoms with Crippen LogP contribution in [0.3, 0.4) is 0 Å². The third-order valence-corrected chi connectivity index (χ3v) is 3.81. The lowest BCUT2D eigenvalue weighted by Gasteiger charge is -2.27. The minimum atomic E-state index is -0.323. The first-order chi connectivity index (χ1) is 10.5. The van der Waals surface area contributed by atoms with E-state index in [1.54, 1.807) is 24.0 Å². The molecule has 1 aromatic carbocycles. The fourth-order valence-corrected chi connectivity index (χ4v) is 2.65. The molecule has 0 aliphatic carbocycles. The fourth-order valence-electron chi connectivity index (χ4n) is 2.65. The van der Waals surface area contributed by atoms with Crippen molar-refractivity contribution in [2.75, 3.05) is 6.54 Å². The highest BCUT2D eigenvalue weighted by molar-refractivity contribution is 5.79. The Kier molecular flexibility index (Phi) is 3.75. The van der Waals surface area contributed by atoms with Gasteiger partial charge in [0, 0.05) is 13.0 Å². The minimum Gasteiger partial charge on any atom is -0.337 e. The van der Waals surface area contributed by atoms with Crippen LogP contribution in [-0.2, 0) is 24.2 Å². The normalized spacial score (nSPS) is 13.8. The van der Waals surface area contributed by atoms with Crippen LogP contribution < -0.4 is 5.56 Å². The number of carbonyl (C=O) groups excluding carboxylic acids is 1. The molecule has 0 radical (unpaired) electrons. The molecule has 0 bridgehead atoms. The van der Waals surface area contributed by atoms with Crippen LogP contribution in [0.5, 0.6) is 0 Å². The number of amides is 1. The molecule has 1 aromatic heterocycles. The molecule has 2 heterocycles. The summed E-state index contributed by atoms with van der Waals surface area (Å²) in [6, 6.07) is 5.88. The van der Waals surface area contributed by atoms with Gasteiger partial charge < -0.3 is 9.88 Å². The Hall–Kier alpha value is -2.50. The topological polar surface area (TPSA) is 66.1 Å². The van der Waals surface area contributed by atoms with Crippen LogP contribution in [0.15, 0.2) is 29.1 Å². The van der Waals surface area contributed by atoms with E-state index in [9.17, 15) is 14.0 Å². The van der Waals surface area contributed by atoms with Gasteiger partial charge in [0.2, 0.25) is 5.91 Å². The highest BCUT2D eigenvalue weighted by Crippen LogP contribution is 2.15. The second kappa shape index (κ2) is 5.71. The first-order valence-electron chi connectivity index (χ1n) is 7.14. The molecule has 1 N–H and O–H groups in total. The number of aromatic nitrogens is 2. The fraction of sp³-hybridized carbons (Fsp3) is 0.312. The smallest absolute Gasteiger partial charge is 0.256 e. The zero-order valence-corrected chi connectivity index (χ0v) is 12.2. The number of rotatable bonds is 2. The summed E-state index contributed by atoms with van der Waals surface area (Å²) in [6.45, 7) is 2.56. The number of benzene rings is 1. The van der Waals surface area contributed by atoms with Crippen molar-refractivity contribution in [1.82, 2.24) is 14.9 Å². The maximum atomic E-state index is 12.9. The van der Waals surface area contributed by atoms with Crippen LogP contribution in [0.2, 0.25) is 0 Å². The number of aromatic amines is 1. The molecule has 0 saturated heterocycles. The van der Waals surface area contributed by atoms with Gasteiger partial charge in [0.15, 0.2) is 0 Å². The Morgan fingerprint density at radius 3 is 2.82 bits per heavy atom. The van der Waals surface area contributed by atoms with E-state index in [1.807, 2.05) is 0 Å². The molecule has 5 nitrogen and oxygen atoms in total. The predicted molar refractivity (Wildman–Crippen MR) is 78.8 cm³/mol. The van der Waals surface area contributed by atoms with Gasteiger partial charge in [0.1, 0.15) is 11.6 Å². The molecule has 1 amide bonds. The number of halogens is 1. The number of nitrogens with one attached hydrogen (secondary N) is 1. The Labute approximate surface area is 126 Å². The van der Waals surface area contributed by atoms with E-state index in [0.717, 1.165) is 11.3 Å². The SMILES string of the molecule is Cc1nc2c(c(=O)[nH]1)CN(C(=O)Cc1ccc(F)cc1)CC2. The van der Waals surface area contributed by atoms with Gasteiger partial charge in [-0.1, -0.05) is 12.1 Å². The Morgan fingerprint density at radius 1 is 1.36 bits per heavy atom. The van der Waals surface area contributed by atoms with E-state index < -0.39 is 0 Å². The first-order valence-corrected chi connectivity index (χ1v) is 7.14. The van der Waals surface area contributed by atoms with Gasteiger partial charge in [-0.2, -0.15) is 0 Å². The summed E-state index contributed by atoms with van der Waals surface area (Å²) in [4.78, 5) is 33.0. The average molecular weight is 301 g/mol. The number of hydrogen-bond acceptors (Lipinski definition) is 3. The molecule has 2 aromatic rings. The lowest BCUT2D eigenvalue weighted by molar-refractivity contribution is -0.131. The van der Waals surface area contributed by atoms with Crippen molar-refractivity contribution >= 4 is 5.91 Å². The van der Waals surface area contributed by atoms with Crippen LogP contribution in [-0.4, -0.2) is 27.3 Å². The molecule has 114 valence electrons.